The summed E-state index contributed by atoms with van der Waals surface area (Å²) < 4.78 is 40.2. The van der Waals surface area contributed by atoms with E-state index in [0.29, 0.717) is 6.42 Å². The number of anilines is 1. The molecule has 2 radical (unpaired) electrons. The molecule has 2 aromatic rings. The molecule has 0 atom stereocenters. The molecule has 0 aromatic heterocycles. The standard InChI is InChI=1S/C16H10F3NO2/c17-16(18,19)22-13-5-1-10(2-6-13)11-3-7-14-12(9-11)4-8-15(21)20-14/h1-3,5-7,9H,4H2,(H,20,21). The Morgan fingerprint density at radius 1 is 1.05 bits per heavy atom. The Morgan fingerprint density at radius 2 is 1.73 bits per heavy atom. The Balaban J connectivity index is 1.84. The second kappa shape index (κ2) is 5.36. The first-order valence-electron chi connectivity index (χ1n) is 6.45. The van der Waals surface area contributed by atoms with Crippen molar-refractivity contribution in [1.82, 2.24) is 0 Å². The molecule has 1 heterocycles. The van der Waals surface area contributed by atoms with Crippen LogP contribution in [0.3, 0.4) is 0 Å². The van der Waals surface area contributed by atoms with Crippen molar-refractivity contribution in [3.05, 3.63) is 54.4 Å². The Kier molecular flexibility index (Phi) is 3.52. The van der Waals surface area contributed by atoms with Crippen LogP contribution in [-0.4, -0.2) is 12.3 Å². The first-order chi connectivity index (χ1) is 10.4. The maximum Gasteiger partial charge on any atom is 0.573 e. The van der Waals surface area contributed by atoms with E-state index in [1.807, 2.05) is 6.07 Å². The Labute approximate surface area is 124 Å². The van der Waals surface area contributed by atoms with Gasteiger partial charge >= 0.3 is 6.36 Å². The summed E-state index contributed by atoms with van der Waals surface area (Å²) in [4.78, 5) is 11.2. The van der Waals surface area contributed by atoms with E-state index in [9.17, 15) is 18.0 Å². The molecule has 2 aromatic carbocycles. The number of amides is 1. The average Bonchev–Trinajstić information content (AvgIpc) is 2.46. The number of hydrogen-bond donors (Lipinski definition) is 1. The molecular formula is C16H10F3NO2. The van der Waals surface area contributed by atoms with Gasteiger partial charge in [0.15, 0.2) is 0 Å². The van der Waals surface area contributed by atoms with Crippen molar-refractivity contribution in [2.75, 3.05) is 5.32 Å². The third-order valence-corrected chi connectivity index (χ3v) is 3.21. The number of ether oxygens (including phenoxy) is 1. The maximum absolute atomic E-state index is 12.1. The largest absolute Gasteiger partial charge is 0.573 e. The van der Waals surface area contributed by atoms with Crippen LogP contribution in [0, 0.1) is 6.42 Å². The molecule has 0 bridgehead atoms. The van der Waals surface area contributed by atoms with Gasteiger partial charge < -0.3 is 10.1 Å². The summed E-state index contributed by atoms with van der Waals surface area (Å²) in [5.41, 5.74) is 3.24. The molecule has 1 aliphatic rings. The summed E-state index contributed by atoms with van der Waals surface area (Å²) in [6, 6.07) is 11.1. The second-order valence-corrected chi connectivity index (χ2v) is 4.75. The highest BCUT2D eigenvalue weighted by molar-refractivity contribution is 6.00. The lowest BCUT2D eigenvalue weighted by Crippen LogP contribution is -2.19. The molecule has 1 amide bonds. The fourth-order valence-electron chi connectivity index (χ4n) is 2.23. The van der Waals surface area contributed by atoms with Gasteiger partial charge in [0.05, 0.1) is 6.42 Å². The van der Waals surface area contributed by atoms with E-state index in [1.54, 1.807) is 24.3 Å². The minimum atomic E-state index is -4.70. The van der Waals surface area contributed by atoms with Crippen LogP contribution in [0.1, 0.15) is 5.56 Å². The van der Waals surface area contributed by atoms with Crippen molar-refractivity contribution in [1.29, 1.82) is 0 Å². The summed E-state index contributed by atoms with van der Waals surface area (Å²) in [7, 11) is 0. The van der Waals surface area contributed by atoms with E-state index in [2.05, 4.69) is 16.5 Å². The smallest absolute Gasteiger partial charge is 0.406 e. The number of rotatable bonds is 2. The third-order valence-electron chi connectivity index (χ3n) is 3.21. The highest BCUT2D eigenvalue weighted by Crippen LogP contribution is 2.30. The van der Waals surface area contributed by atoms with Gasteiger partial charge in [-0.15, -0.1) is 13.2 Å². The normalized spacial score (nSPS) is 14.2. The number of hydrogen-bond acceptors (Lipinski definition) is 2. The summed E-state index contributed by atoms with van der Waals surface area (Å²) >= 11 is 0. The van der Waals surface area contributed by atoms with Crippen molar-refractivity contribution in [2.24, 2.45) is 0 Å². The molecule has 0 unspecified atom stereocenters. The van der Waals surface area contributed by atoms with E-state index in [0.717, 1.165) is 22.4 Å². The molecule has 112 valence electrons. The van der Waals surface area contributed by atoms with Gasteiger partial charge in [0, 0.05) is 5.69 Å². The molecular weight excluding hydrogens is 295 g/mol. The lowest BCUT2D eigenvalue weighted by Gasteiger charge is -2.17. The van der Waals surface area contributed by atoms with Gasteiger partial charge in [0.2, 0.25) is 5.91 Å². The summed E-state index contributed by atoms with van der Waals surface area (Å²) in [5.74, 6) is -0.517. The van der Waals surface area contributed by atoms with E-state index < -0.39 is 6.36 Å². The van der Waals surface area contributed by atoms with Gasteiger partial charge in [-0.3, -0.25) is 4.79 Å². The quantitative estimate of drug-likeness (QED) is 0.916. The molecule has 22 heavy (non-hydrogen) atoms. The number of halogens is 3. The predicted octanol–water partition coefficient (Wildman–Crippen LogP) is 3.83. The van der Waals surface area contributed by atoms with Gasteiger partial charge in [-0.05, 0) is 47.4 Å². The summed E-state index contributed by atoms with van der Waals surface area (Å²) in [6.45, 7) is 0. The third kappa shape index (κ3) is 3.21. The Morgan fingerprint density at radius 3 is 2.41 bits per heavy atom. The number of nitrogens with one attached hydrogen (secondary N) is 1. The van der Waals surface area contributed by atoms with Gasteiger partial charge in [0.1, 0.15) is 5.75 Å². The van der Waals surface area contributed by atoms with Crippen molar-refractivity contribution < 1.29 is 22.7 Å². The zero-order chi connectivity index (χ0) is 15.7. The molecule has 1 N–H and O–H groups in total. The van der Waals surface area contributed by atoms with Crippen LogP contribution in [0.4, 0.5) is 18.9 Å². The fraction of sp³-hybridized carbons (Fsp3) is 0.125. The van der Waals surface area contributed by atoms with Crippen LogP contribution < -0.4 is 10.1 Å². The number of carbonyl (C=O) groups is 1. The molecule has 3 rings (SSSR count). The van der Waals surface area contributed by atoms with Crippen molar-refractivity contribution >= 4 is 11.6 Å². The highest BCUT2D eigenvalue weighted by atomic mass is 19.4. The van der Waals surface area contributed by atoms with Crippen molar-refractivity contribution in [3.8, 4) is 16.9 Å². The molecule has 0 fully saturated rings. The number of alkyl halides is 3. The van der Waals surface area contributed by atoms with Gasteiger partial charge in [-0.25, -0.2) is 0 Å². The van der Waals surface area contributed by atoms with Crippen LogP contribution in [0.25, 0.3) is 11.1 Å². The molecule has 0 spiro atoms. The predicted molar refractivity (Wildman–Crippen MR) is 74.1 cm³/mol. The zero-order valence-electron chi connectivity index (χ0n) is 11.2. The first kappa shape index (κ1) is 14.4. The van der Waals surface area contributed by atoms with Crippen LogP contribution in [0.15, 0.2) is 42.5 Å². The van der Waals surface area contributed by atoms with Crippen molar-refractivity contribution in [3.63, 3.8) is 0 Å². The Hall–Kier alpha value is -2.50. The number of benzene rings is 2. The first-order valence-corrected chi connectivity index (χ1v) is 6.45. The summed E-state index contributed by atoms with van der Waals surface area (Å²) in [5, 5.41) is 2.68. The molecule has 3 nitrogen and oxygen atoms in total. The van der Waals surface area contributed by atoms with Crippen LogP contribution in [0.2, 0.25) is 0 Å². The molecule has 0 aliphatic carbocycles. The minimum absolute atomic E-state index is 0.256. The zero-order valence-corrected chi connectivity index (χ0v) is 11.2. The van der Waals surface area contributed by atoms with Gasteiger partial charge in [-0.1, -0.05) is 18.2 Å². The van der Waals surface area contributed by atoms with E-state index >= 15 is 0 Å². The van der Waals surface area contributed by atoms with Crippen LogP contribution in [0.5, 0.6) is 5.75 Å². The molecule has 6 heteroatoms. The van der Waals surface area contributed by atoms with E-state index in [-0.39, 0.29) is 11.7 Å². The summed E-state index contributed by atoms with van der Waals surface area (Å²) in [6.07, 6.45) is -1.63. The van der Waals surface area contributed by atoms with Crippen molar-refractivity contribution in [2.45, 2.75) is 12.8 Å². The topological polar surface area (TPSA) is 38.3 Å². The molecule has 0 saturated heterocycles. The average molecular weight is 305 g/mol. The van der Waals surface area contributed by atoms with E-state index in [1.165, 1.54) is 12.1 Å². The number of fused-ring (bicyclic) bond motifs is 1. The Bertz CT molecular complexity index is 708. The lowest BCUT2D eigenvalue weighted by molar-refractivity contribution is -0.274. The second-order valence-electron chi connectivity index (χ2n) is 4.75. The monoisotopic (exact) mass is 305 g/mol. The van der Waals surface area contributed by atoms with Gasteiger partial charge in [-0.2, -0.15) is 0 Å². The minimum Gasteiger partial charge on any atom is -0.406 e. The van der Waals surface area contributed by atoms with Gasteiger partial charge in [0.25, 0.3) is 0 Å². The SMILES string of the molecule is O=C1[C]Cc2cc(-c3ccc(OC(F)(F)F)cc3)ccc2N1. The van der Waals surface area contributed by atoms with Crippen LogP contribution >= 0.6 is 0 Å². The fourth-order valence-corrected chi connectivity index (χ4v) is 2.23. The lowest BCUT2D eigenvalue weighted by atomic mass is 9.97. The number of carbonyl (C=O) groups excluding carboxylic acids is 1. The molecule has 0 saturated carbocycles. The maximum atomic E-state index is 12.1. The van der Waals surface area contributed by atoms with E-state index in [4.69, 9.17) is 0 Å². The van der Waals surface area contributed by atoms with Crippen LogP contribution in [-0.2, 0) is 11.2 Å². The highest BCUT2D eigenvalue weighted by Gasteiger charge is 2.30. The molecule has 1 aliphatic heterocycles.